The number of nitrogens with two attached hydrogens (primary N) is 1. The molecule has 3 N–H and O–H groups in total. The first-order valence-electron chi connectivity index (χ1n) is 5.38. The highest BCUT2D eigenvalue weighted by atomic mass is 16.5. The number of imide groups is 1. The molecule has 0 saturated carbocycles. The second-order valence-electron chi connectivity index (χ2n) is 3.64. The highest BCUT2D eigenvalue weighted by Crippen LogP contribution is 2.23. The predicted octanol–water partition coefficient (Wildman–Crippen LogP) is 0.470. The number of carbonyl (C=O) groups is 3. The van der Waals surface area contributed by atoms with Crippen molar-refractivity contribution in [3.8, 4) is 11.5 Å². The molecule has 0 unspecified atom stereocenters. The first-order chi connectivity index (χ1) is 8.97. The number of methoxy groups -OCH3 is 1. The van der Waals surface area contributed by atoms with Gasteiger partial charge < -0.3 is 15.2 Å². The zero-order valence-corrected chi connectivity index (χ0v) is 10.5. The third-order valence-corrected chi connectivity index (χ3v) is 2.26. The van der Waals surface area contributed by atoms with Crippen LogP contribution < -0.4 is 20.5 Å². The lowest BCUT2D eigenvalue weighted by atomic mass is 10.2. The molecule has 19 heavy (non-hydrogen) atoms. The molecule has 0 radical (unpaired) electrons. The molecule has 3 amide bonds. The maximum atomic E-state index is 11.4. The van der Waals surface area contributed by atoms with Crippen LogP contribution in [0, 0.1) is 0 Å². The van der Waals surface area contributed by atoms with Gasteiger partial charge in [0.1, 0.15) is 11.5 Å². The summed E-state index contributed by atoms with van der Waals surface area (Å²) in [4.78, 5) is 32.9. The number of nitrogens with one attached hydrogen (secondary N) is 1. The van der Waals surface area contributed by atoms with Crippen LogP contribution in [0.2, 0.25) is 0 Å². The van der Waals surface area contributed by atoms with Gasteiger partial charge in [0.15, 0.2) is 12.4 Å². The van der Waals surface area contributed by atoms with Crippen molar-refractivity contribution in [1.29, 1.82) is 0 Å². The summed E-state index contributed by atoms with van der Waals surface area (Å²) >= 11 is 0. The quantitative estimate of drug-likeness (QED) is 0.753. The number of carbonyl (C=O) groups excluding carboxylic acids is 3. The Morgan fingerprint density at radius 1 is 1.42 bits per heavy atom. The molecule has 1 atom stereocenters. The van der Waals surface area contributed by atoms with Crippen LogP contribution in [-0.2, 0) is 4.79 Å². The molecule has 0 fully saturated rings. The summed E-state index contributed by atoms with van der Waals surface area (Å²) in [5.41, 5.74) is 5.05. The second kappa shape index (κ2) is 6.39. The van der Waals surface area contributed by atoms with E-state index in [2.05, 4.69) is 0 Å². The molecule has 0 spiro atoms. The highest BCUT2D eigenvalue weighted by molar-refractivity contribution is 5.95. The van der Waals surface area contributed by atoms with Crippen LogP contribution in [0.15, 0.2) is 18.2 Å². The Morgan fingerprint density at radius 3 is 2.63 bits per heavy atom. The van der Waals surface area contributed by atoms with E-state index in [1.165, 1.54) is 26.2 Å². The number of ether oxygens (including phenoxy) is 2. The fourth-order valence-electron chi connectivity index (χ4n) is 1.32. The molecule has 0 aromatic heterocycles. The Hall–Kier alpha value is -2.57. The van der Waals surface area contributed by atoms with Gasteiger partial charge in [0, 0.05) is 0 Å². The van der Waals surface area contributed by atoms with Crippen molar-refractivity contribution in [3.05, 3.63) is 23.8 Å². The Balaban J connectivity index is 2.84. The topological polar surface area (TPSA) is 108 Å². The van der Waals surface area contributed by atoms with Gasteiger partial charge in [-0.2, -0.15) is 0 Å². The Labute approximate surface area is 109 Å². The summed E-state index contributed by atoms with van der Waals surface area (Å²) in [6, 6.07) is 3.59. The zero-order valence-electron chi connectivity index (χ0n) is 10.5. The lowest BCUT2D eigenvalue weighted by molar-refractivity contribution is -0.126. The number of benzene rings is 1. The van der Waals surface area contributed by atoms with Crippen LogP contribution in [-0.4, -0.2) is 31.4 Å². The van der Waals surface area contributed by atoms with E-state index in [-0.39, 0.29) is 11.3 Å². The molecule has 0 heterocycles. The average Bonchev–Trinajstić information content (AvgIpc) is 2.38. The number of hydrogen-bond donors (Lipinski definition) is 2. The van der Waals surface area contributed by atoms with Crippen LogP contribution in [0.5, 0.6) is 11.5 Å². The molecule has 0 bridgehead atoms. The minimum Gasteiger partial charge on any atom is -0.497 e. The summed E-state index contributed by atoms with van der Waals surface area (Å²) in [7, 11) is 1.47. The van der Waals surface area contributed by atoms with Gasteiger partial charge in [-0.15, -0.1) is 0 Å². The van der Waals surface area contributed by atoms with Gasteiger partial charge in [-0.1, -0.05) is 0 Å². The number of hydrogen-bond acceptors (Lipinski definition) is 5. The van der Waals surface area contributed by atoms with E-state index in [4.69, 9.17) is 15.2 Å². The number of rotatable bonds is 5. The lowest BCUT2D eigenvalue weighted by Gasteiger charge is -2.15. The van der Waals surface area contributed by atoms with Gasteiger partial charge in [-0.3, -0.25) is 14.9 Å². The summed E-state index contributed by atoms with van der Waals surface area (Å²) in [6.45, 7) is 1.43. The van der Waals surface area contributed by atoms with E-state index in [9.17, 15) is 14.4 Å². The van der Waals surface area contributed by atoms with Crippen molar-refractivity contribution < 1.29 is 23.9 Å². The molecular formula is C12H14N2O5. The van der Waals surface area contributed by atoms with Crippen LogP contribution in [0.1, 0.15) is 17.3 Å². The van der Waals surface area contributed by atoms with Crippen LogP contribution in [0.3, 0.4) is 0 Å². The average molecular weight is 266 g/mol. The molecule has 0 saturated heterocycles. The Bertz CT molecular complexity index is 501. The van der Waals surface area contributed by atoms with E-state index in [0.29, 0.717) is 12.0 Å². The van der Waals surface area contributed by atoms with E-state index < -0.39 is 18.0 Å². The first kappa shape index (κ1) is 14.5. The second-order valence-corrected chi connectivity index (χ2v) is 3.64. The van der Waals surface area contributed by atoms with E-state index in [1.807, 2.05) is 5.32 Å². The molecule has 7 nitrogen and oxygen atoms in total. The number of aldehydes is 1. The zero-order chi connectivity index (χ0) is 14.4. The fourth-order valence-corrected chi connectivity index (χ4v) is 1.32. The summed E-state index contributed by atoms with van der Waals surface area (Å²) in [6.07, 6.45) is -0.393. The van der Waals surface area contributed by atoms with Gasteiger partial charge in [0.25, 0.3) is 5.91 Å². The molecule has 7 heteroatoms. The fraction of sp³-hybridized carbons (Fsp3) is 0.250. The Kier molecular flexibility index (Phi) is 4.87. The van der Waals surface area contributed by atoms with Crippen molar-refractivity contribution in [1.82, 2.24) is 5.32 Å². The van der Waals surface area contributed by atoms with Gasteiger partial charge in [-0.25, -0.2) is 4.79 Å². The Morgan fingerprint density at radius 2 is 2.11 bits per heavy atom. The molecule has 0 aliphatic rings. The molecule has 1 aromatic rings. The number of urea groups is 1. The van der Waals surface area contributed by atoms with Crippen molar-refractivity contribution in [2.24, 2.45) is 5.73 Å². The van der Waals surface area contributed by atoms with Gasteiger partial charge in [0.2, 0.25) is 0 Å². The van der Waals surface area contributed by atoms with Crippen molar-refractivity contribution >= 4 is 18.2 Å². The monoisotopic (exact) mass is 266 g/mol. The minimum absolute atomic E-state index is 0.211. The van der Waals surface area contributed by atoms with Crippen molar-refractivity contribution in [3.63, 3.8) is 0 Å². The molecular weight excluding hydrogens is 252 g/mol. The van der Waals surface area contributed by atoms with Crippen LogP contribution >= 0.6 is 0 Å². The molecule has 1 aromatic carbocycles. The molecule has 0 aliphatic carbocycles. The van der Waals surface area contributed by atoms with E-state index in [1.54, 1.807) is 6.07 Å². The largest absolute Gasteiger partial charge is 0.497 e. The van der Waals surface area contributed by atoms with Crippen molar-refractivity contribution in [2.75, 3.05) is 7.11 Å². The summed E-state index contributed by atoms with van der Waals surface area (Å²) in [5, 5.41) is 1.88. The smallest absolute Gasteiger partial charge is 0.318 e. The lowest BCUT2D eigenvalue weighted by Crippen LogP contribution is -2.42. The molecule has 1 rings (SSSR count). The van der Waals surface area contributed by atoms with Gasteiger partial charge >= 0.3 is 6.03 Å². The van der Waals surface area contributed by atoms with Crippen LogP contribution in [0.4, 0.5) is 4.79 Å². The minimum atomic E-state index is -0.973. The maximum Gasteiger partial charge on any atom is 0.318 e. The predicted molar refractivity (Wildman–Crippen MR) is 66.2 cm³/mol. The van der Waals surface area contributed by atoms with Gasteiger partial charge in [-0.05, 0) is 25.1 Å². The maximum absolute atomic E-state index is 11.4. The van der Waals surface area contributed by atoms with E-state index in [0.717, 1.165) is 0 Å². The number of amides is 3. The molecule has 102 valence electrons. The molecule has 0 aliphatic heterocycles. The summed E-state index contributed by atoms with van der Waals surface area (Å²) in [5.74, 6) is 0.00628. The SMILES string of the molecule is COc1ccc(O[C@H](C)C(=O)NC(N)=O)c(C=O)c1. The van der Waals surface area contributed by atoms with Crippen molar-refractivity contribution in [2.45, 2.75) is 13.0 Å². The van der Waals surface area contributed by atoms with E-state index >= 15 is 0 Å². The third-order valence-electron chi connectivity index (χ3n) is 2.26. The standard InChI is InChI=1S/C12H14N2O5/c1-7(11(16)14-12(13)17)19-10-4-3-9(18-2)5-8(10)6-15/h3-7H,1-2H3,(H3,13,14,16,17)/t7-/m1/s1. The first-order valence-corrected chi connectivity index (χ1v) is 5.38. The van der Waals surface area contributed by atoms with Crippen LogP contribution in [0.25, 0.3) is 0 Å². The third kappa shape index (κ3) is 3.98. The highest BCUT2D eigenvalue weighted by Gasteiger charge is 2.17. The van der Waals surface area contributed by atoms with Gasteiger partial charge in [0.05, 0.1) is 12.7 Å². The summed E-state index contributed by atoms with van der Waals surface area (Å²) < 4.78 is 10.3. The number of primary amides is 1. The normalized spacial score (nSPS) is 11.3.